The van der Waals surface area contributed by atoms with Gasteiger partial charge in [0.25, 0.3) is 0 Å². The van der Waals surface area contributed by atoms with Gasteiger partial charge in [0.1, 0.15) is 0 Å². The number of carbonyl (C=O) groups excluding carboxylic acids is 1. The lowest BCUT2D eigenvalue weighted by Gasteiger charge is -2.13. The Hall–Kier alpha value is -1.23. The van der Waals surface area contributed by atoms with Crippen molar-refractivity contribution < 1.29 is 15.0 Å². The van der Waals surface area contributed by atoms with Gasteiger partial charge < -0.3 is 10.2 Å². The molecule has 0 spiro atoms. The molecule has 2 unspecified atom stereocenters. The second-order valence-corrected chi connectivity index (χ2v) is 4.62. The SMILES string of the molecule is Cc1ccc(C(=O)CN2CC(O)C(O)C2)cc1. The molecule has 2 atom stereocenters. The molecule has 0 bridgehead atoms. The first-order valence-electron chi connectivity index (χ1n) is 5.74. The maximum absolute atomic E-state index is 11.9. The van der Waals surface area contributed by atoms with Crippen LogP contribution in [0.1, 0.15) is 15.9 Å². The van der Waals surface area contributed by atoms with Crippen LogP contribution in [0.25, 0.3) is 0 Å². The molecule has 92 valence electrons. The molecule has 1 heterocycles. The molecule has 0 aliphatic carbocycles. The number of β-amino-alcohol motifs (C(OH)–C–C–N with tert-alkyl or cyclic N) is 2. The third-order valence-corrected chi connectivity index (χ3v) is 3.08. The van der Waals surface area contributed by atoms with Gasteiger partial charge in [0.2, 0.25) is 0 Å². The molecule has 4 heteroatoms. The van der Waals surface area contributed by atoms with Crippen molar-refractivity contribution in [3.63, 3.8) is 0 Å². The number of ketones is 1. The van der Waals surface area contributed by atoms with E-state index >= 15 is 0 Å². The molecule has 17 heavy (non-hydrogen) atoms. The van der Waals surface area contributed by atoms with Crippen molar-refractivity contribution >= 4 is 5.78 Å². The second kappa shape index (κ2) is 4.96. The van der Waals surface area contributed by atoms with E-state index in [1.54, 1.807) is 17.0 Å². The molecule has 4 nitrogen and oxygen atoms in total. The number of hydrogen-bond acceptors (Lipinski definition) is 4. The molecule has 0 aromatic heterocycles. The summed E-state index contributed by atoms with van der Waals surface area (Å²) in [6, 6.07) is 7.42. The first-order valence-corrected chi connectivity index (χ1v) is 5.74. The van der Waals surface area contributed by atoms with E-state index < -0.39 is 12.2 Å². The highest BCUT2D eigenvalue weighted by Gasteiger charge is 2.30. The Morgan fingerprint density at radius 2 is 1.76 bits per heavy atom. The number of Topliss-reactive ketones (excluding diaryl/α,β-unsaturated/α-hetero) is 1. The van der Waals surface area contributed by atoms with Crippen molar-refractivity contribution in [3.8, 4) is 0 Å². The molecule has 0 radical (unpaired) electrons. The third-order valence-electron chi connectivity index (χ3n) is 3.08. The first-order chi connectivity index (χ1) is 8.06. The van der Waals surface area contributed by atoms with Crippen molar-refractivity contribution in [2.45, 2.75) is 19.1 Å². The number of hydrogen-bond donors (Lipinski definition) is 2. The van der Waals surface area contributed by atoms with Crippen molar-refractivity contribution in [2.75, 3.05) is 19.6 Å². The van der Waals surface area contributed by atoms with Crippen molar-refractivity contribution in [3.05, 3.63) is 35.4 Å². The quantitative estimate of drug-likeness (QED) is 0.736. The zero-order valence-corrected chi connectivity index (χ0v) is 9.84. The van der Waals surface area contributed by atoms with Crippen LogP contribution < -0.4 is 0 Å². The lowest BCUT2D eigenvalue weighted by molar-refractivity contribution is 0.0572. The van der Waals surface area contributed by atoms with E-state index in [-0.39, 0.29) is 12.3 Å². The van der Waals surface area contributed by atoms with Gasteiger partial charge in [-0.05, 0) is 6.92 Å². The summed E-state index contributed by atoms with van der Waals surface area (Å²) in [7, 11) is 0. The highest BCUT2D eigenvalue weighted by Crippen LogP contribution is 2.11. The van der Waals surface area contributed by atoms with Crippen LogP contribution in [0.15, 0.2) is 24.3 Å². The molecule has 1 aliphatic rings. The molecule has 0 amide bonds. The summed E-state index contributed by atoms with van der Waals surface area (Å²) in [5.41, 5.74) is 1.79. The molecule has 2 rings (SSSR count). The highest BCUT2D eigenvalue weighted by molar-refractivity contribution is 5.97. The van der Waals surface area contributed by atoms with Crippen LogP contribution >= 0.6 is 0 Å². The van der Waals surface area contributed by atoms with Crippen LogP contribution in [-0.2, 0) is 0 Å². The fourth-order valence-electron chi connectivity index (χ4n) is 2.01. The monoisotopic (exact) mass is 235 g/mol. The zero-order chi connectivity index (χ0) is 12.4. The average molecular weight is 235 g/mol. The van der Waals surface area contributed by atoms with E-state index in [1.165, 1.54) is 0 Å². The number of rotatable bonds is 3. The van der Waals surface area contributed by atoms with Crippen LogP contribution in [0.2, 0.25) is 0 Å². The van der Waals surface area contributed by atoms with Gasteiger partial charge in [-0.2, -0.15) is 0 Å². The Labute approximate surface area is 100 Å². The Balaban J connectivity index is 1.96. The fourth-order valence-corrected chi connectivity index (χ4v) is 2.01. The second-order valence-electron chi connectivity index (χ2n) is 4.62. The van der Waals surface area contributed by atoms with E-state index in [9.17, 15) is 15.0 Å². The molecular weight excluding hydrogens is 218 g/mol. The van der Waals surface area contributed by atoms with E-state index in [2.05, 4.69) is 0 Å². The number of carbonyl (C=O) groups is 1. The number of nitrogens with zero attached hydrogens (tertiary/aromatic N) is 1. The molecule has 0 saturated carbocycles. The predicted octanol–water partition coefficient (Wildman–Crippen LogP) is 0.215. The standard InChI is InChI=1S/C13H17NO3/c1-9-2-4-10(5-3-9)11(15)6-14-7-12(16)13(17)8-14/h2-5,12-13,16-17H,6-8H2,1H3. The van der Waals surface area contributed by atoms with Crippen LogP contribution in [0, 0.1) is 6.92 Å². The molecular formula is C13H17NO3. The van der Waals surface area contributed by atoms with Crippen LogP contribution in [0.5, 0.6) is 0 Å². The molecule has 1 saturated heterocycles. The minimum Gasteiger partial charge on any atom is -0.389 e. The van der Waals surface area contributed by atoms with Gasteiger partial charge in [0.15, 0.2) is 5.78 Å². The van der Waals surface area contributed by atoms with Crippen molar-refractivity contribution in [1.82, 2.24) is 4.90 Å². The Bertz CT molecular complexity index is 392. The van der Waals surface area contributed by atoms with Crippen LogP contribution in [0.3, 0.4) is 0 Å². The van der Waals surface area contributed by atoms with Gasteiger partial charge in [-0.3, -0.25) is 9.69 Å². The zero-order valence-electron chi connectivity index (χ0n) is 9.84. The van der Waals surface area contributed by atoms with Crippen molar-refractivity contribution in [1.29, 1.82) is 0 Å². The number of aryl methyl sites for hydroxylation is 1. The number of aliphatic hydroxyl groups excluding tert-OH is 2. The maximum Gasteiger partial charge on any atom is 0.176 e. The van der Waals surface area contributed by atoms with Gasteiger partial charge in [-0.15, -0.1) is 0 Å². The summed E-state index contributed by atoms with van der Waals surface area (Å²) in [5, 5.41) is 18.8. The lowest BCUT2D eigenvalue weighted by Crippen LogP contribution is -2.28. The van der Waals surface area contributed by atoms with E-state index in [0.717, 1.165) is 5.56 Å². The van der Waals surface area contributed by atoms with E-state index in [4.69, 9.17) is 0 Å². The normalized spacial score (nSPS) is 25.1. The average Bonchev–Trinajstić information content (AvgIpc) is 2.58. The van der Waals surface area contributed by atoms with Crippen molar-refractivity contribution in [2.24, 2.45) is 0 Å². The van der Waals surface area contributed by atoms with Gasteiger partial charge in [0, 0.05) is 18.7 Å². The van der Waals surface area contributed by atoms with Gasteiger partial charge in [-0.1, -0.05) is 29.8 Å². The molecule has 1 aromatic rings. The predicted molar refractivity (Wildman–Crippen MR) is 64.0 cm³/mol. The minimum absolute atomic E-state index is 0.0197. The Kier molecular flexibility index (Phi) is 3.57. The number of benzene rings is 1. The van der Waals surface area contributed by atoms with Crippen LogP contribution in [-0.4, -0.2) is 52.7 Å². The summed E-state index contributed by atoms with van der Waals surface area (Å²) in [4.78, 5) is 13.7. The van der Waals surface area contributed by atoms with Gasteiger partial charge in [0.05, 0.1) is 18.8 Å². The topological polar surface area (TPSA) is 60.8 Å². The van der Waals surface area contributed by atoms with E-state index in [1.807, 2.05) is 19.1 Å². The molecule has 2 N–H and O–H groups in total. The van der Waals surface area contributed by atoms with Crippen LogP contribution in [0.4, 0.5) is 0 Å². The maximum atomic E-state index is 11.9. The molecule has 1 aromatic carbocycles. The highest BCUT2D eigenvalue weighted by atomic mass is 16.3. The Morgan fingerprint density at radius 3 is 2.29 bits per heavy atom. The first kappa shape index (κ1) is 12.2. The number of likely N-dealkylation sites (tertiary alicyclic amines) is 1. The van der Waals surface area contributed by atoms with Gasteiger partial charge in [-0.25, -0.2) is 0 Å². The smallest absolute Gasteiger partial charge is 0.176 e. The lowest BCUT2D eigenvalue weighted by atomic mass is 10.1. The minimum atomic E-state index is -0.735. The molecule has 1 aliphatic heterocycles. The summed E-state index contributed by atoms with van der Waals surface area (Å²) in [6.07, 6.45) is -1.47. The summed E-state index contributed by atoms with van der Waals surface area (Å²) >= 11 is 0. The number of aliphatic hydroxyl groups is 2. The largest absolute Gasteiger partial charge is 0.389 e. The summed E-state index contributed by atoms with van der Waals surface area (Å²) in [5.74, 6) is 0.0197. The third kappa shape index (κ3) is 2.91. The summed E-state index contributed by atoms with van der Waals surface area (Å²) < 4.78 is 0. The summed E-state index contributed by atoms with van der Waals surface area (Å²) in [6.45, 7) is 2.94. The Morgan fingerprint density at radius 1 is 1.24 bits per heavy atom. The van der Waals surface area contributed by atoms with E-state index in [0.29, 0.717) is 18.7 Å². The van der Waals surface area contributed by atoms with Gasteiger partial charge >= 0.3 is 0 Å². The molecule has 1 fully saturated rings. The fraction of sp³-hybridized carbons (Fsp3) is 0.462.